The highest BCUT2D eigenvalue weighted by atomic mass is 16.5. The van der Waals surface area contributed by atoms with Crippen LogP contribution in [0.25, 0.3) is 0 Å². The van der Waals surface area contributed by atoms with Gasteiger partial charge in [-0.2, -0.15) is 0 Å². The molecule has 0 aliphatic rings. The lowest BCUT2D eigenvalue weighted by Crippen LogP contribution is -2.13. The van der Waals surface area contributed by atoms with Crippen molar-refractivity contribution in [2.45, 2.75) is 6.92 Å². The number of hydrogen-bond donors (Lipinski definition) is 2. The van der Waals surface area contributed by atoms with Gasteiger partial charge in [0.25, 0.3) is 5.91 Å². The van der Waals surface area contributed by atoms with Crippen molar-refractivity contribution in [1.82, 2.24) is 4.98 Å². The first-order chi connectivity index (χ1) is 13.6. The van der Waals surface area contributed by atoms with Crippen LogP contribution >= 0.6 is 0 Å². The van der Waals surface area contributed by atoms with Crippen LogP contribution in [0.15, 0.2) is 67.0 Å². The van der Waals surface area contributed by atoms with Crippen LogP contribution in [0.5, 0.6) is 5.75 Å². The van der Waals surface area contributed by atoms with Crippen molar-refractivity contribution in [2.24, 2.45) is 0 Å². The Bertz CT molecular complexity index is 939. The quantitative estimate of drug-likeness (QED) is 0.634. The molecule has 0 atom stereocenters. The van der Waals surface area contributed by atoms with Gasteiger partial charge in [0.05, 0.1) is 29.7 Å². The van der Waals surface area contributed by atoms with Crippen LogP contribution < -0.4 is 20.3 Å². The molecule has 0 aliphatic heterocycles. The zero-order chi connectivity index (χ0) is 19.9. The van der Waals surface area contributed by atoms with E-state index in [4.69, 9.17) is 4.74 Å². The summed E-state index contributed by atoms with van der Waals surface area (Å²) in [6.07, 6.45) is 3.23. The fourth-order valence-electron chi connectivity index (χ4n) is 2.69. The Kier molecular flexibility index (Phi) is 6.11. The van der Waals surface area contributed by atoms with Gasteiger partial charge in [0.15, 0.2) is 0 Å². The van der Waals surface area contributed by atoms with E-state index >= 15 is 0 Å². The molecule has 0 unspecified atom stereocenters. The molecule has 144 valence electrons. The maximum Gasteiger partial charge on any atom is 0.257 e. The molecule has 3 aromatic rings. The largest absolute Gasteiger partial charge is 0.492 e. The number of ether oxygens (including phenoxy) is 1. The number of carbonyl (C=O) groups excluding carboxylic acids is 1. The standard InChI is InChI=1S/C22H24N4O2/c1-4-28-21-8-6-5-7-20(21)25-22(27)16-13-18(15-23-14-16)24-17-9-11-19(12-10-17)26(2)3/h5-15,24H,4H2,1-3H3,(H,25,27). The van der Waals surface area contributed by atoms with Crippen LogP contribution in [-0.4, -0.2) is 31.6 Å². The molecule has 3 rings (SSSR count). The van der Waals surface area contributed by atoms with Crippen molar-refractivity contribution >= 4 is 28.7 Å². The predicted molar refractivity (Wildman–Crippen MR) is 114 cm³/mol. The molecule has 6 nitrogen and oxygen atoms in total. The molecule has 28 heavy (non-hydrogen) atoms. The van der Waals surface area contributed by atoms with Crippen LogP contribution in [0, 0.1) is 0 Å². The summed E-state index contributed by atoms with van der Waals surface area (Å²) in [5.74, 6) is 0.396. The molecule has 0 radical (unpaired) electrons. The van der Waals surface area contributed by atoms with Crippen LogP contribution in [-0.2, 0) is 0 Å². The summed E-state index contributed by atoms with van der Waals surface area (Å²) >= 11 is 0. The minimum Gasteiger partial charge on any atom is -0.492 e. The van der Waals surface area contributed by atoms with E-state index in [-0.39, 0.29) is 5.91 Å². The Morgan fingerprint density at radius 1 is 1.04 bits per heavy atom. The van der Waals surface area contributed by atoms with Crippen LogP contribution in [0.1, 0.15) is 17.3 Å². The molecule has 0 saturated heterocycles. The van der Waals surface area contributed by atoms with Crippen molar-refractivity contribution < 1.29 is 9.53 Å². The van der Waals surface area contributed by atoms with Gasteiger partial charge in [-0.15, -0.1) is 0 Å². The van der Waals surface area contributed by atoms with E-state index in [1.54, 1.807) is 18.5 Å². The Morgan fingerprint density at radius 2 is 1.79 bits per heavy atom. The van der Waals surface area contributed by atoms with E-state index in [0.717, 1.165) is 17.1 Å². The first-order valence-electron chi connectivity index (χ1n) is 9.09. The molecule has 1 amide bonds. The van der Waals surface area contributed by atoms with Crippen LogP contribution in [0.3, 0.4) is 0 Å². The van der Waals surface area contributed by atoms with Gasteiger partial charge in [0.2, 0.25) is 0 Å². The van der Waals surface area contributed by atoms with E-state index in [9.17, 15) is 4.79 Å². The Hall–Kier alpha value is -3.54. The Morgan fingerprint density at radius 3 is 2.50 bits per heavy atom. The number of benzene rings is 2. The normalized spacial score (nSPS) is 10.2. The first kappa shape index (κ1) is 19.2. The molecule has 1 heterocycles. The number of aromatic nitrogens is 1. The highest BCUT2D eigenvalue weighted by Crippen LogP contribution is 2.25. The number of pyridine rings is 1. The molecule has 2 N–H and O–H groups in total. The highest BCUT2D eigenvalue weighted by molar-refractivity contribution is 6.05. The summed E-state index contributed by atoms with van der Waals surface area (Å²) in [5, 5.41) is 6.16. The third-order valence-corrected chi connectivity index (χ3v) is 4.11. The number of rotatable bonds is 7. The zero-order valence-corrected chi connectivity index (χ0v) is 16.3. The smallest absolute Gasteiger partial charge is 0.257 e. The molecule has 1 aromatic heterocycles. The molecule has 0 fully saturated rings. The first-order valence-corrected chi connectivity index (χ1v) is 9.09. The molecule has 2 aromatic carbocycles. The van der Waals surface area contributed by atoms with Gasteiger partial charge in [0, 0.05) is 31.7 Å². The minimum atomic E-state index is -0.244. The molecule has 0 saturated carbocycles. The van der Waals surface area contributed by atoms with Crippen molar-refractivity contribution in [3.8, 4) is 5.75 Å². The van der Waals surface area contributed by atoms with E-state index < -0.39 is 0 Å². The van der Waals surface area contributed by atoms with Crippen LogP contribution in [0.4, 0.5) is 22.7 Å². The van der Waals surface area contributed by atoms with Gasteiger partial charge in [0.1, 0.15) is 5.75 Å². The van der Waals surface area contributed by atoms with Gasteiger partial charge in [-0.1, -0.05) is 12.1 Å². The molecule has 0 aliphatic carbocycles. The van der Waals surface area contributed by atoms with Crippen molar-refractivity contribution in [2.75, 3.05) is 36.2 Å². The lowest BCUT2D eigenvalue weighted by molar-refractivity contribution is 0.102. The molecule has 6 heteroatoms. The predicted octanol–water partition coefficient (Wildman–Crippen LogP) is 4.54. The number of nitrogens with one attached hydrogen (secondary N) is 2. The molecular weight excluding hydrogens is 352 g/mol. The second-order valence-electron chi connectivity index (χ2n) is 6.41. The fraction of sp³-hybridized carbons (Fsp3) is 0.182. The van der Waals surface area contributed by atoms with Gasteiger partial charge < -0.3 is 20.3 Å². The average Bonchev–Trinajstić information content (AvgIpc) is 2.70. The third-order valence-electron chi connectivity index (χ3n) is 4.11. The number of carbonyl (C=O) groups is 1. The van der Waals surface area contributed by atoms with E-state index in [2.05, 4.69) is 15.6 Å². The van der Waals surface area contributed by atoms with Gasteiger partial charge >= 0.3 is 0 Å². The minimum absolute atomic E-state index is 0.244. The SMILES string of the molecule is CCOc1ccccc1NC(=O)c1cncc(Nc2ccc(N(C)C)cc2)c1. The maximum atomic E-state index is 12.7. The summed E-state index contributed by atoms with van der Waals surface area (Å²) in [6, 6.07) is 17.2. The average molecular weight is 376 g/mol. The number of para-hydroxylation sites is 2. The topological polar surface area (TPSA) is 66.5 Å². The van der Waals surface area contributed by atoms with E-state index in [1.807, 2.05) is 74.4 Å². The fourth-order valence-corrected chi connectivity index (χ4v) is 2.69. The third kappa shape index (κ3) is 4.79. The molecular formula is C22H24N4O2. The zero-order valence-electron chi connectivity index (χ0n) is 16.3. The Balaban J connectivity index is 1.73. The summed E-state index contributed by atoms with van der Waals surface area (Å²) in [7, 11) is 4.00. The summed E-state index contributed by atoms with van der Waals surface area (Å²) < 4.78 is 5.56. The number of hydrogen-bond acceptors (Lipinski definition) is 5. The number of nitrogens with zero attached hydrogens (tertiary/aromatic N) is 2. The molecule has 0 bridgehead atoms. The van der Waals surface area contributed by atoms with Gasteiger partial charge in [-0.05, 0) is 49.4 Å². The summed E-state index contributed by atoms with van der Waals surface area (Å²) in [4.78, 5) is 18.9. The molecule has 0 spiro atoms. The van der Waals surface area contributed by atoms with Crippen molar-refractivity contribution in [3.05, 3.63) is 72.6 Å². The number of amides is 1. The maximum absolute atomic E-state index is 12.7. The second kappa shape index (κ2) is 8.90. The van der Waals surface area contributed by atoms with E-state index in [1.165, 1.54) is 0 Å². The van der Waals surface area contributed by atoms with Gasteiger partial charge in [-0.25, -0.2) is 0 Å². The van der Waals surface area contributed by atoms with Crippen LogP contribution in [0.2, 0.25) is 0 Å². The monoisotopic (exact) mass is 376 g/mol. The summed E-state index contributed by atoms with van der Waals surface area (Å²) in [5.41, 5.74) is 3.87. The summed E-state index contributed by atoms with van der Waals surface area (Å²) in [6.45, 7) is 2.43. The lowest BCUT2D eigenvalue weighted by Gasteiger charge is -2.14. The Labute approximate surface area is 165 Å². The second-order valence-corrected chi connectivity index (χ2v) is 6.41. The van der Waals surface area contributed by atoms with Crippen molar-refractivity contribution in [1.29, 1.82) is 0 Å². The van der Waals surface area contributed by atoms with E-state index in [0.29, 0.717) is 23.6 Å². The van der Waals surface area contributed by atoms with Gasteiger partial charge in [-0.3, -0.25) is 9.78 Å². The number of anilines is 4. The highest BCUT2D eigenvalue weighted by Gasteiger charge is 2.11. The lowest BCUT2D eigenvalue weighted by atomic mass is 10.2. The van der Waals surface area contributed by atoms with Crippen molar-refractivity contribution in [3.63, 3.8) is 0 Å².